The van der Waals surface area contributed by atoms with E-state index in [0.29, 0.717) is 5.69 Å². The number of benzene rings is 1. The van der Waals surface area contributed by atoms with Gasteiger partial charge in [-0.25, -0.2) is 4.39 Å². The van der Waals surface area contributed by atoms with Crippen LogP contribution in [0, 0.1) is 5.82 Å². The van der Waals surface area contributed by atoms with Crippen LogP contribution in [0.2, 0.25) is 0 Å². The normalized spacial score (nSPS) is 16.5. The van der Waals surface area contributed by atoms with Crippen molar-refractivity contribution in [1.82, 2.24) is 10.2 Å². The molecule has 0 saturated carbocycles. The van der Waals surface area contributed by atoms with Gasteiger partial charge in [-0.1, -0.05) is 6.92 Å². The fraction of sp³-hybridized carbons (Fsp3) is 0.588. The molecule has 6 heteroatoms. The maximum absolute atomic E-state index is 14.4. The van der Waals surface area contributed by atoms with Gasteiger partial charge in [-0.2, -0.15) is 0 Å². The van der Waals surface area contributed by atoms with Gasteiger partial charge in [0.15, 0.2) is 0 Å². The summed E-state index contributed by atoms with van der Waals surface area (Å²) in [4.78, 5) is 16.5. The Morgan fingerprint density at radius 2 is 1.96 bits per heavy atom. The van der Waals surface area contributed by atoms with E-state index in [0.717, 1.165) is 32.7 Å². The molecule has 1 aromatic rings. The predicted molar refractivity (Wildman–Crippen MR) is 89.4 cm³/mol. The van der Waals surface area contributed by atoms with Crippen LogP contribution in [0.1, 0.15) is 31.1 Å². The molecule has 0 spiro atoms. The first kappa shape index (κ1) is 17.7. The Kier molecular flexibility index (Phi) is 5.59. The third-order valence-electron chi connectivity index (χ3n) is 4.22. The maximum atomic E-state index is 14.4. The minimum Gasteiger partial charge on any atom is -0.394 e. The van der Waals surface area contributed by atoms with Gasteiger partial charge in [0, 0.05) is 31.7 Å². The monoisotopic (exact) mass is 323 g/mol. The van der Waals surface area contributed by atoms with Crippen LogP contribution in [0.4, 0.5) is 10.1 Å². The van der Waals surface area contributed by atoms with Gasteiger partial charge < -0.3 is 20.2 Å². The summed E-state index contributed by atoms with van der Waals surface area (Å²) >= 11 is 0. The van der Waals surface area contributed by atoms with Crippen molar-refractivity contribution < 1.29 is 14.3 Å². The lowest BCUT2D eigenvalue weighted by Crippen LogP contribution is -2.47. The van der Waals surface area contributed by atoms with Crippen molar-refractivity contribution >= 4 is 11.6 Å². The molecule has 2 N–H and O–H groups in total. The van der Waals surface area contributed by atoms with E-state index in [1.807, 2.05) is 4.90 Å². The third-order valence-corrected chi connectivity index (χ3v) is 4.22. The van der Waals surface area contributed by atoms with Gasteiger partial charge in [0.05, 0.1) is 17.8 Å². The van der Waals surface area contributed by atoms with Crippen LogP contribution < -0.4 is 10.2 Å². The van der Waals surface area contributed by atoms with E-state index < -0.39 is 5.54 Å². The number of hydrogen-bond donors (Lipinski definition) is 2. The van der Waals surface area contributed by atoms with Crippen molar-refractivity contribution in [2.24, 2.45) is 0 Å². The lowest BCUT2D eigenvalue weighted by molar-refractivity contribution is 0.0869. The molecule has 1 aliphatic rings. The second-order valence-electron chi connectivity index (χ2n) is 6.58. The summed E-state index contributed by atoms with van der Waals surface area (Å²) < 4.78 is 14.4. The van der Waals surface area contributed by atoms with Crippen LogP contribution in [0.3, 0.4) is 0 Å². The SMILES string of the molecule is CCN1CCN(c2ccc(C(=O)NC(C)(C)CO)cc2F)CC1. The van der Waals surface area contributed by atoms with Crippen molar-refractivity contribution in [3.63, 3.8) is 0 Å². The molecule has 128 valence electrons. The Labute approximate surface area is 137 Å². The molecular weight excluding hydrogens is 297 g/mol. The van der Waals surface area contributed by atoms with Gasteiger partial charge in [0.1, 0.15) is 5.82 Å². The summed E-state index contributed by atoms with van der Waals surface area (Å²) in [6.07, 6.45) is 0. The van der Waals surface area contributed by atoms with Gasteiger partial charge in [-0.3, -0.25) is 4.79 Å². The van der Waals surface area contributed by atoms with Crippen LogP contribution in [0.5, 0.6) is 0 Å². The number of halogens is 1. The molecule has 1 saturated heterocycles. The van der Waals surface area contributed by atoms with Crippen molar-refractivity contribution in [3.8, 4) is 0 Å². The molecule has 0 aliphatic carbocycles. The molecule has 1 fully saturated rings. The van der Waals surface area contributed by atoms with Gasteiger partial charge >= 0.3 is 0 Å². The molecule has 1 heterocycles. The zero-order chi connectivity index (χ0) is 17.0. The number of aliphatic hydroxyl groups is 1. The van der Waals surface area contributed by atoms with Crippen molar-refractivity contribution in [3.05, 3.63) is 29.6 Å². The Balaban J connectivity index is 2.08. The second-order valence-corrected chi connectivity index (χ2v) is 6.58. The molecule has 2 rings (SSSR count). The lowest BCUT2D eigenvalue weighted by Gasteiger charge is -2.35. The number of likely N-dealkylation sites (N-methyl/N-ethyl adjacent to an activating group) is 1. The summed E-state index contributed by atoms with van der Waals surface area (Å²) in [5.74, 6) is -0.769. The highest BCUT2D eigenvalue weighted by Crippen LogP contribution is 2.22. The first-order valence-electron chi connectivity index (χ1n) is 8.06. The van der Waals surface area contributed by atoms with Crippen LogP contribution in [-0.4, -0.2) is 60.8 Å². The largest absolute Gasteiger partial charge is 0.394 e. The second kappa shape index (κ2) is 7.27. The number of rotatable bonds is 5. The van der Waals surface area contributed by atoms with E-state index in [-0.39, 0.29) is 23.9 Å². The molecule has 1 aromatic carbocycles. The Morgan fingerprint density at radius 1 is 1.30 bits per heavy atom. The van der Waals surface area contributed by atoms with Gasteiger partial charge in [0.25, 0.3) is 5.91 Å². The summed E-state index contributed by atoms with van der Waals surface area (Å²) in [6, 6.07) is 4.56. The zero-order valence-electron chi connectivity index (χ0n) is 14.1. The lowest BCUT2D eigenvalue weighted by atomic mass is 10.1. The highest BCUT2D eigenvalue weighted by Gasteiger charge is 2.22. The number of anilines is 1. The number of nitrogens with one attached hydrogen (secondary N) is 1. The van der Waals surface area contributed by atoms with Crippen LogP contribution in [-0.2, 0) is 0 Å². The molecular formula is C17H26FN3O2. The first-order chi connectivity index (χ1) is 10.9. The smallest absolute Gasteiger partial charge is 0.251 e. The number of amides is 1. The van der Waals surface area contributed by atoms with Gasteiger partial charge in [0.2, 0.25) is 0 Å². The molecule has 0 radical (unpaired) electrons. The van der Waals surface area contributed by atoms with Gasteiger partial charge in [-0.05, 0) is 38.6 Å². The highest BCUT2D eigenvalue weighted by molar-refractivity contribution is 5.95. The van der Waals surface area contributed by atoms with E-state index in [1.165, 1.54) is 6.07 Å². The quantitative estimate of drug-likeness (QED) is 0.862. The topological polar surface area (TPSA) is 55.8 Å². The van der Waals surface area contributed by atoms with Gasteiger partial charge in [-0.15, -0.1) is 0 Å². The predicted octanol–water partition coefficient (Wildman–Crippen LogP) is 1.47. The van der Waals surface area contributed by atoms with Crippen LogP contribution in [0.15, 0.2) is 18.2 Å². The fourth-order valence-electron chi connectivity index (χ4n) is 2.63. The summed E-state index contributed by atoms with van der Waals surface area (Å²) in [5, 5.41) is 11.9. The summed E-state index contributed by atoms with van der Waals surface area (Å²) in [7, 11) is 0. The zero-order valence-corrected chi connectivity index (χ0v) is 14.1. The molecule has 1 amide bonds. The minimum atomic E-state index is -0.733. The number of carbonyl (C=O) groups is 1. The highest BCUT2D eigenvalue weighted by atomic mass is 19.1. The maximum Gasteiger partial charge on any atom is 0.251 e. The number of aliphatic hydroxyl groups excluding tert-OH is 1. The van der Waals surface area contributed by atoms with E-state index in [4.69, 9.17) is 0 Å². The molecule has 0 atom stereocenters. The Bertz CT molecular complexity index is 555. The molecule has 23 heavy (non-hydrogen) atoms. The summed E-state index contributed by atoms with van der Waals surface area (Å²) in [6.45, 7) is 9.79. The average Bonchev–Trinajstić information content (AvgIpc) is 2.54. The molecule has 0 bridgehead atoms. The van der Waals surface area contributed by atoms with E-state index in [2.05, 4.69) is 17.1 Å². The van der Waals surface area contributed by atoms with Crippen molar-refractivity contribution in [2.45, 2.75) is 26.3 Å². The molecule has 1 aliphatic heterocycles. The molecule has 0 unspecified atom stereocenters. The standard InChI is InChI=1S/C17H26FN3O2/c1-4-20-7-9-21(10-8-20)15-6-5-13(11-14(15)18)16(23)19-17(2,3)12-22/h5-6,11,22H,4,7-10,12H2,1-3H3,(H,19,23). The molecule has 5 nitrogen and oxygen atoms in total. The Morgan fingerprint density at radius 3 is 2.48 bits per heavy atom. The fourth-order valence-corrected chi connectivity index (χ4v) is 2.63. The average molecular weight is 323 g/mol. The van der Waals surface area contributed by atoms with E-state index in [1.54, 1.807) is 26.0 Å². The Hall–Kier alpha value is -1.66. The minimum absolute atomic E-state index is 0.180. The number of nitrogens with zero attached hydrogens (tertiary/aromatic N) is 2. The first-order valence-corrected chi connectivity index (χ1v) is 8.06. The van der Waals surface area contributed by atoms with E-state index in [9.17, 15) is 14.3 Å². The van der Waals surface area contributed by atoms with Crippen molar-refractivity contribution in [2.75, 3.05) is 44.2 Å². The third kappa shape index (κ3) is 4.42. The van der Waals surface area contributed by atoms with E-state index >= 15 is 0 Å². The van der Waals surface area contributed by atoms with Crippen LogP contribution >= 0.6 is 0 Å². The van der Waals surface area contributed by atoms with Crippen LogP contribution in [0.25, 0.3) is 0 Å². The van der Waals surface area contributed by atoms with Crippen molar-refractivity contribution in [1.29, 1.82) is 0 Å². The molecule has 0 aromatic heterocycles. The number of carbonyl (C=O) groups excluding carboxylic acids is 1. The number of hydrogen-bond acceptors (Lipinski definition) is 4. The summed E-state index contributed by atoms with van der Waals surface area (Å²) in [5.41, 5.74) is 0.0709. The number of piperazine rings is 1.